The van der Waals surface area contributed by atoms with Crippen LogP contribution in [0.15, 0.2) is 40.7 Å². The minimum Gasteiger partial charge on any atom is -0.548 e. The van der Waals surface area contributed by atoms with Crippen LogP contribution in [-0.4, -0.2) is 88.1 Å². The molecule has 5 atom stereocenters. The molecule has 2 aromatic heterocycles. The SMILES string of the molecule is C=C[C@@H]1C[C@]1(NC(=O)[C@@H]1C[C@H](Oc2cc(-c3csc(NC(=O)C(C)C)n3)nc3c(Br)c(OC)ccc23)CN1C(=O)[C@@H](NC(=O)OC1CCCC1)C(C)(C)C)C(=O)[O-].[Na+]. The first-order valence-electron chi connectivity index (χ1n) is 19.0. The van der Waals surface area contributed by atoms with Crippen LogP contribution in [0.5, 0.6) is 11.5 Å². The van der Waals surface area contributed by atoms with Crippen molar-refractivity contribution >= 4 is 73.1 Å². The summed E-state index contributed by atoms with van der Waals surface area (Å²) in [6.45, 7) is 12.6. The number of ether oxygens (including phenoxy) is 3. The summed E-state index contributed by atoms with van der Waals surface area (Å²) in [6, 6.07) is 2.95. The smallest absolute Gasteiger partial charge is 0.548 e. The Hall–Kier alpha value is -3.77. The third kappa shape index (κ3) is 9.64. The van der Waals surface area contributed by atoms with Crippen molar-refractivity contribution < 1.29 is 72.8 Å². The Kier molecular flexibility index (Phi) is 14.2. The molecule has 0 radical (unpaired) electrons. The Labute approximate surface area is 371 Å². The Morgan fingerprint density at radius 2 is 1.79 bits per heavy atom. The van der Waals surface area contributed by atoms with Gasteiger partial charge in [0.25, 0.3) is 0 Å². The van der Waals surface area contributed by atoms with Gasteiger partial charge in [-0.15, -0.1) is 17.9 Å². The number of aromatic nitrogens is 2. The molecule has 6 rings (SSSR count). The zero-order valence-electron chi connectivity index (χ0n) is 33.8. The maximum absolute atomic E-state index is 14.6. The van der Waals surface area contributed by atoms with Crippen LogP contribution in [0.3, 0.4) is 0 Å². The van der Waals surface area contributed by atoms with Gasteiger partial charge in [-0.2, -0.15) is 0 Å². The fourth-order valence-corrected chi connectivity index (χ4v) is 8.58. The van der Waals surface area contributed by atoms with Gasteiger partial charge in [0.05, 0.1) is 40.8 Å². The van der Waals surface area contributed by atoms with Crippen LogP contribution in [0.2, 0.25) is 0 Å². The fraction of sp³-hybridized carbons (Fsp3) is 0.525. The number of hydrogen-bond acceptors (Lipinski definition) is 12. The predicted octanol–water partition coefficient (Wildman–Crippen LogP) is 1.97. The summed E-state index contributed by atoms with van der Waals surface area (Å²) in [5.74, 6) is -2.79. The number of amides is 4. The number of carboxylic acids is 1. The Morgan fingerprint density at radius 3 is 2.40 bits per heavy atom. The summed E-state index contributed by atoms with van der Waals surface area (Å²) in [5.41, 5.74) is -1.09. The maximum atomic E-state index is 14.6. The molecule has 0 unspecified atom stereocenters. The van der Waals surface area contributed by atoms with Gasteiger partial charge in [-0.1, -0.05) is 40.7 Å². The molecule has 3 aliphatic rings. The molecular formula is C40H48BrN6NaO9S. The van der Waals surface area contributed by atoms with Crippen molar-refractivity contribution in [2.75, 3.05) is 19.0 Å². The van der Waals surface area contributed by atoms with E-state index in [1.165, 1.54) is 29.4 Å². The van der Waals surface area contributed by atoms with E-state index in [4.69, 9.17) is 19.2 Å². The van der Waals surface area contributed by atoms with Crippen molar-refractivity contribution in [3.05, 3.63) is 40.7 Å². The van der Waals surface area contributed by atoms with Crippen LogP contribution in [0.4, 0.5) is 9.93 Å². The Balaban J connectivity index is 0.00000641. The number of nitrogens with one attached hydrogen (secondary N) is 3. The Morgan fingerprint density at radius 1 is 1.09 bits per heavy atom. The van der Waals surface area contributed by atoms with Crippen LogP contribution < -0.4 is 60.1 Å². The van der Waals surface area contributed by atoms with Crippen molar-refractivity contribution in [3.8, 4) is 22.9 Å². The quantitative estimate of drug-likeness (QED) is 0.168. The normalized spacial score (nSPS) is 22.1. The fourth-order valence-electron chi connectivity index (χ4n) is 7.28. The number of hydrogen-bond donors (Lipinski definition) is 3. The van der Waals surface area contributed by atoms with Gasteiger partial charge in [-0.05, 0) is 65.6 Å². The average molecular weight is 892 g/mol. The standard InChI is InChI=1S/C40H49BrN6O9S.Na/c1-8-21-17-40(21,36(51)52)46-34(49)27-15-23(18-47(27)35(50)32(39(4,5)6)44-38(53)56-22-11-9-10-12-22)55-29-16-25(26-19-57-37(43-26)45-33(48)20(2)3)42-31-24(29)13-14-28(54-7)30(31)41;/h8,13-14,16,19-23,27,32H,1,9-12,15,17-18H2,2-7H3,(H,44,53)(H,46,49)(H,51,52)(H,43,45,48);/q;+1/p-1/t21-,23+,27+,32-,40-;/m1./s1. The summed E-state index contributed by atoms with van der Waals surface area (Å²) >= 11 is 4.86. The molecule has 2 saturated carbocycles. The van der Waals surface area contributed by atoms with Crippen LogP contribution in [0.25, 0.3) is 22.3 Å². The van der Waals surface area contributed by atoms with Gasteiger partial charge in [0.1, 0.15) is 41.5 Å². The number of carbonyl (C=O) groups excluding carboxylic acids is 5. The molecule has 2 aliphatic carbocycles. The van der Waals surface area contributed by atoms with Crippen LogP contribution in [0, 0.1) is 17.3 Å². The van der Waals surface area contributed by atoms with E-state index in [1.54, 1.807) is 58.2 Å². The first-order valence-corrected chi connectivity index (χ1v) is 20.7. The number of halogens is 1. The largest absolute Gasteiger partial charge is 1.00 e. The summed E-state index contributed by atoms with van der Waals surface area (Å²) < 4.78 is 18.4. The summed E-state index contributed by atoms with van der Waals surface area (Å²) in [6.07, 6.45) is 3.19. The van der Waals surface area contributed by atoms with Gasteiger partial charge >= 0.3 is 35.7 Å². The zero-order chi connectivity index (χ0) is 41.4. The van der Waals surface area contributed by atoms with Gasteiger partial charge in [0, 0.05) is 35.1 Å². The van der Waals surface area contributed by atoms with E-state index >= 15 is 0 Å². The number of benzene rings is 1. The molecule has 1 aromatic carbocycles. The molecular weight excluding hydrogens is 843 g/mol. The first-order chi connectivity index (χ1) is 26.9. The van der Waals surface area contributed by atoms with E-state index in [0.29, 0.717) is 43.4 Å². The molecule has 3 N–H and O–H groups in total. The second kappa shape index (κ2) is 18.2. The van der Waals surface area contributed by atoms with Crippen LogP contribution in [0.1, 0.15) is 73.1 Å². The van der Waals surface area contributed by atoms with E-state index in [0.717, 1.165) is 25.7 Å². The molecule has 3 fully saturated rings. The van der Waals surface area contributed by atoms with E-state index in [1.807, 2.05) is 0 Å². The molecule has 18 heteroatoms. The number of pyridine rings is 1. The van der Waals surface area contributed by atoms with Gasteiger partial charge in [-0.3, -0.25) is 14.4 Å². The Bertz CT molecular complexity index is 2090. The number of carbonyl (C=O) groups is 5. The maximum Gasteiger partial charge on any atom is 1.00 e. The van der Waals surface area contributed by atoms with Gasteiger partial charge in [0.2, 0.25) is 17.7 Å². The molecule has 0 bridgehead atoms. The third-order valence-corrected chi connectivity index (χ3v) is 12.2. The number of thiazole rings is 1. The van der Waals surface area contributed by atoms with Crippen LogP contribution in [-0.2, 0) is 23.9 Å². The summed E-state index contributed by atoms with van der Waals surface area (Å²) in [5, 5.41) is 23.2. The number of methoxy groups -OCH3 is 1. The number of alkyl carbamates (subject to hydrolysis) is 1. The summed E-state index contributed by atoms with van der Waals surface area (Å²) in [4.78, 5) is 77.3. The number of likely N-dealkylation sites (tertiary alicyclic amines) is 1. The molecule has 15 nitrogen and oxygen atoms in total. The second-order valence-electron chi connectivity index (χ2n) is 16.2. The summed E-state index contributed by atoms with van der Waals surface area (Å²) in [7, 11) is 1.53. The van der Waals surface area contributed by atoms with E-state index < -0.39 is 58.9 Å². The third-order valence-electron chi connectivity index (χ3n) is 10.7. The number of aliphatic carboxylic acids is 1. The van der Waals surface area contributed by atoms with E-state index in [9.17, 15) is 29.1 Å². The monoisotopic (exact) mass is 890 g/mol. The first kappa shape index (κ1) is 45.3. The molecule has 3 aromatic rings. The minimum atomic E-state index is -1.65. The average Bonchev–Trinajstić information content (AvgIpc) is 3.57. The minimum absolute atomic E-state index is 0. The van der Waals surface area contributed by atoms with Crippen molar-refractivity contribution in [1.82, 2.24) is 25.5 Å². The number of carboxylic acid groups (broad SMARTS) is 1. The molecule has 3 heterocycles. The number of rotatable bonds is 13. The van der Waals surface area contributed by atoms with E-state index in [2.05, 4.69) is 43.4 Å². The molecule has 1 saturated heterocycles. The van der Waals surface area contributed by atoms with Crippen LogP contribution >= 0.6 is 27.3 Å². The van der Waals surface area contributed by atoms with Crippen molar-refractivity contribution in [3.63, 3.8) is 0 Å². The molecule has 0 spiro atoms. The number of nitrogens with zero attached hydrogens (tertiary/aromatic N) is 3. The van der Waals surface area contributed by atoms with Gasteiger partial charge < -0.3 is 45.0 Å². The predicted molar refractivity (Wildman–Crippen MR) is 214 cm³/mol. The zero-order valence-corrected chi connectivity index (χ0v) is 38.2. The molecule has 58 heavy (non-hydrogen) atoms. The van der Waals surface area contributed by atoms with Gasteiger partial charge in [0.15, 0.2) is 5.13 Å². The molecule has 1 aliphatic heterocycles. The number of anilines is 1. The van der Waals surface area contributed by atoms with E-state index in [-0.39, 0.29) is 66.9 Å². The molecule has 4 amide bonds. The number of fused-ring (bicyclic) bond motifs is 1. The topological polar surface area (TPSA) is 201 Å². The van der Waals surface area contributed by atoms with Crippen molar-refractivity contribution in [2.24, 2.45) is 17.3 Å². The molecule has 306 valence electrons. The van der Waals surface area contributed by atoms with Gasteiger partial charge in [-0.25, -0.2) is 14.8 Å². The van der Waals surface area contributed by atoms with Crippen molar-refractivity contribution in [1.29, 1.82) is 0 Å². The second-order valence-corrected chi connectivity index (χ2v) is 17.8. The van der Waals surface area contributed by atoms with Crippen molar-refractivity contribution in [2.45, 2.75) is 103 Å².